The molecule has 2 heterocycles. The van der Waals surface area contributed by atoms with E-state index >= 15 is 0 Å². The molecule has 0 aliphatic carbocycles. The van der Waals surface area contributed by atoms with Crippen LogP contribution in [0.4, 0.5) is 0 Å². The number of nitrogens with one attached hydrogen (secondary N) is 1. The van der Waals surface area contributed by atoms with Crippen LogP contribution >= 0.6 is 0 Å². The normalized spacial score (nSPS) is 19.1. The molecule has 1 amide bonds. The number of carboxylic acid groups (broad SMARTS) is 1. The van der Waals surface area contributed by atoms with Gasteiger partial charge >= 0.3 is 5.97 Å². The van der Waals surface area contributed by atoms with E-state index in [0.717, 1.165) is 19.4 Å². The number of carbonyl (C=O) groups is 2. The van der Waals surface area contributed by atoms with Crippen molar-refractivity contribution >= 4 is 11.9 Å². The molecule has 1 aliphatic rings. The van der Waals surface area contributed by atoms with E-state index in [4.69, 9.17) is 5.11 Å². The lowest BCUT2D eigenvalue weighted by Gasteiger charge is -2.36. The van der Waals surface area contributed by atoms with Gasteiger partial charge in [-0.15, -0.1) is 0 Å². The zero-order valence-electron chi connectivity index (χ0n) is 13.1. The number of aromatic carboxylic acids is 1. The van der Waals surface area contributed by atoms with E-state index in [1.165, 1.54) is 0 Å². The number of rotatable bonds is 3. The molecular formula is C15H23N3O3. The number of carbonyl (C=O) groups excluding carboxylic acids is 1. The Kier molecular flexibility index (Phi) is 4.37. The fraction of sp³-hybridized carbons (Fsp3) is 0.600. The van der Waals surface area contributed by atoms with Crippen molar-refractivity contribution in [1.29, 1.82) is 0 Å². The second-order valence-corrected chi connectivity index (χ2v) is 5.94. The van der Waals surface area contributed by atoms with Gasteiger partial charge in [-0.2, -0.15) is 0 Å². The molecule has 1 saturated heterocycles. The number of amides is 1. The summed E-state index contributed by atoms with van der Waals surface area (Å²) in [6.07, 6.45) is 2.06. The monoisotopic (exact) mass is 293 g/mol. The van der Waals surface area contributed by atoms with Crippen LogP contribution in [0.1, 0.15) is 44.9 Å². The van der Waals surface area contributed by atoms with Crippen molar-refractivity contribution in [3.63, 3.8) is 0 Å². The second-order valence-electron chi connectivity index (χ2n) is 5.94. The van der Waals surface area contributed by atoms with Crippen LogP contribution in [0.2, 0.25) is 0 Å². The minimum absolute atomic E-state index is 0.0692. The lowest BCUT2D eigenvalue weighted by atomic mass is 10.0. The Morgan fingerprint density at radius 1 is 1.33 bits per heavy atom. The molecule has 1 aliphatic heterocycles. The molecule has 6 nitrogen and oxygen atoms in total. The number of likely N-dealkylation sites (N-methyl/N-ethyl adjacent to an activating group) is 1. The zero-order valence-corrected chi connectivity index (χ0v) is 13.1. The van der Waals surface area contributed by atoms with Crippen molar-refractivity contribution in [2.75, 3.05) is 27.2 Å². The van der Waals surface area contributed by atoms with E-state index < -0.39 is 5.97 Å². The Hall–Kier alpha value is -1.82. The Balaban J connectivity index is 2.26. The van der Waals surface area contributed by atoms with E-state index in [1.807, 2.05) is 19.0 Å². The van der Waals surface area contributed by atoms with E-state index in [-0.39, 0.29) is 11.6 Å². The lowest BCUT2D eigenvalue weighted by molar-refractivity contribution is 0.0634. The zero-order chi connectivity index (χ0) is 15.7. The maximum atomic E-state index is 12.7. The predicted octanol–water partition coefficient (Wildman–Crippen LogP) is 1.50. The third kappa shape index (κ3) is 2.95. The van der Waals surface area contributed by atoms with Crippen LogP contribution in [0, 0.1) is 13.8 Å². The average Bonchev–Trinajstić information content (AvgIpc) is 2.73. The van der Waals surface area contributed by atoms with Gasteiger partial charge in [0.05, 0.1) is 5.56 Å². The molecule has 0 saturated carbocycles. The molecule has 0 bridgehead atoms. The van der Waals surface area contributed by atoms with Gasteiger partial charge in [0.15, 0.2) is 0 Å². The van der Waals surface area contributed by atoms with E-state index in [1.54, 1.807) is 13.8 Å². The molecule has 2 rings (SSSR count). The minimum atomic E-state index is -1.03. The molecular weight excluding hydrogens is 270 g/mol. The van der Waals surface area contributed by atoms with Gasteiger partial charge in [0.2, 0.25) is 0 Å². The first kappa shape index (κ1) is 15.6. The largest absolute Gasteiger partial charge is 0.477 e. The van der Waals surface area contributed by atoms with Crippen LogP contribution < -0.4 is 0 Å². The highest BCUT2D eigenvalue weighted by atomic mass is 16.4. The van der Waals surface area contributed by atoms with Crippen molar-refractivity contribution in [2.24, 2.45) is 0 Å². The van der Waals surface area contributed by atoms with E-state index in [2.05, 4.69) is 9.88 Å². The summed E-state index contributed by atoms with van der Waals surface area (Å²) in [5, 5.41) is 9.15. The summed E-state index contributed by atoms with van der Waals surface area (Å²) >= 11 is 0. The highest BCUT2D eigenvalue weighted by Gasteiger charge is 2.29. The van der Waals surface area contributed by atoms with E-state index in [0.29, 0.717) is 29.4 Å². The third-order valence-corrected chi connectivity index (χ3v) is 4.28. The number of likely N-dealkylation sites (tertiary alicyclic amines) is 1. The third-order valence-electron chi connectivity index (χ3n) is 4.28. The SMILES string of the molecule is Cc1[nH]c(C(=O)O)c(C)c1C(=O)N1CCCC(N(C)C)C1. The van der Waals surface area contributed by atoms with Crippen LogP contribution in [0.25, 0.3) is 0 Å². The van der Waals surface area contributed by atoms with Crippen molar-refractivity contribution < 1.29 is 14.7 Å². The molecule has 6 heteroatoms. The molecule has 1 atom stereocenters. The van der Waals surface area contributed by atoms with Gasteiger partial charge in [-0.05, 0) is 46.3 Å². The second kappa shape index (κ2) is 5.89. The van der Waals surface area contributed by atoms with Crippen LogP contribution in [0.3, 0.4) is 0 Å². The maximum Gasteiger partial charge on any atom is 0.352 e. The first-order valence-electron chi connectivity index (χ1n) is 7.21. The predicted molar refractivity (Wildman–Crippen MR) is 79.8 cm³/mol. The summed E-state index contributed by atoms with van der Waals surface area (Å²) in [5.74, 6) is -1.10. The Morgan fingerprint density at radius 3 is 2.52 bits per heavy atom. The number of hydrogen-bond acceptors (Lipinski definition) is 3. The number of hydrogen-bond donors (Lipinski definition) is 2. The van der Waals surface area contributed by atoms with Crippen molar-refractivity contribution in [3.8, 4) is 0 Å². The highest BCUT2D eigenvalue weighted by molar-refractivity contribution is 6.00. The van der Waals surface area contributed by atoms with Gasteiger partial charge in [0, 0.05) is 24.8 Å². The molecule has 1 unspecified atom stereocenters. The smallest absolute Gasteiger partial charge is 0.352 e. The van der Waals surface area contributed by atoms with E-state index in [9.17, 15) is 9.59 Å². The van der Waals surface area contributed by atoms with Crippen molar-refractivity contribution in [3.05, 3.63) is 22.5 Å². The summed E-state index contributed by atoms with van der Waals surface area (Å²) < 4.78 is 0. The van der Waals surface area contributed by atoms with Crippen LogP contribution in [0.5, 0.6) is 0 Å². The van der Waals surface area contributed by atoms with Crippen molar-refractivity contribution in [2.45, 2.75) is 32.7 Å². The number of aromatic amines is 1. The van der Waals surface area contributed by atoms with Crippen LogP contribution in [0.15, 0.2) is 0 Å². The molecule has 116 valence electrons. The quantitative estimate of drug-likeness (QED) is 0.885. The number of H-pyrrole nitrogens is 1. The molecule has 2 N–H and O–H groups in total. The number of aryl methyl sites for hydroxylation is 1. The number of piperidine rings is 1. The molecule has 1 fully saturated rings. The Bertz CT molecular complexity index is 563. The van der Waals surface area contributed by atoms with Gasteiger partial charge in [-0.1, -0.05) is 0 Å². The molecule has 0 aromatic carbocycles. The Morgan fingerprint density at radius 2 is 2.00 bits per heavy atom. The first-order chi connectivity index (χ1) is 9.82. The average molecular weight is 293 g/mol. The summed E-state index contributed by atoms with van der Waals surface area (Å²) in [7, 11) is 4.04. The summed E-state index contributed by atoms with van der Waals surface area (Å²) in [6.45, 7) is 4.86. The van der Waals surface area contributed by atoms with Crippen LogP contribution in [-0.2, 0) is 0 Å². The molecule has 1 aromatic heterocycles. The lowest BCUT2D eigenvalue weighted by Crippen LogP contribution is -2.47. The summed E-state index contributed by atoms with van der Waals surface area (Å²) in [4.78, 5) is 30.7. The topological polar surface area (TPSA) is 76.6 Å². The van der Waals surface area contributed by atoms with Crippen LogP contribution in [-0.4, -0.2) is 65.0 Å². The van der Waals surface area contributed by atoms with Gasteiger partial charge in [0.25, 0.3) is 5.91 Å². The standard InChI is InChI=1S/C15H23N3O3/c1-9-12(10(2)16-13(9)15(20)21)14(19)18-7-5-6-11(8-18)17(3)4/h11,16H,5-8H2,1-4H3,(H,20,21). The molecule has 21 heavy (non-hydrogen) atoms. The van der Waals surface area contributed by atoms with Crippen molar-refractivity contribution in [1.82, 2.24) is 14.8 Å². The fourth-order valence-corrected chi connectivity index (χ4v) is 3.00. The van der Waals surface area contributed by atoms with Gasteiger partial charge in [0.1, 0.15) is 5.69 Å². The Labute approximate surface area is 124 Å². The maximum absolute atomic E-state index is 12.7. The summed E-state index contributed by atoms with van der Waals surface area (Å²) in [6, 6.07) is 0.362. The fourth-order valence-electron chi connectivity index (χ4n) is 3.00. The molecule has 0 radical (unpaired) electrons. The number of carboxylic acids is 1. The number of aromatic nitrogens is 1. The summed E-state index contributed by atoms with van der Waals surface area (Å²) in [5.41, 5.74) is 1.77. The molecule has 0 spiro atoms. The number of nitrogens with zero attached hydrogens (tertiary/aromatic N) is 2. The van der Waals surface area contributed by atoms with Gasteiger partial charge in [-0.25, -0.2) is 4.79 Å². The minimum Gasteiger partial charge on any atom is -0.477 e. The molecule has 1 aromatic rings. The first-order valence-corrected chi connectivity index (χ1v) is 7.21. The van der Waals surface area contributed by atoms with Gasteiger partial charge in [-0.3, -0.25) is 4.79 Å². The van der Waals surface area contributed by atoms with Gasteiger partial charge < -0.3 is 19.9 Å². The highest BCUT2D eigenvalue weighted by Crippen LogP contribution is 2.22.